The molecule has 0 radical (unpaired) electrons. The maximum Gasteiger partial charge on any atom is 0.311 e. The summed E-state index contributed by atoms with van der Waals surface area (Å²) < 4.78 is 18.6. The van der Waals surface area contributed by atoms with Gasteiger partial charge >= 0.3 is 5.69 Å². The van der Waals surface area contributed by atoms with E-state index in [1.807, 2.05) is 20.8 Å². The van der Waals surface area contributed by atoms with Gasteiger partial charge in [0.25, 0.3) is 0 Å². The second kappa shape index (κ2) is 5.12. The normalized spacial score (nSPS) is 11.1. The number of ether oxygens (including phenoxy) is 1. The van der Waals surface area contributed by atoms with Crippen LogP contribution in [-0.4, -0.2) is 17.8 Å². The van der Waals surface area contributed by atoms with Crippen molar-refractivity contribution in [3.8, 4) is 5.75 Å². The zero-order chi connectivity index (χ0) is 13.9. The molecule has 0 aliphatic heterocycles. The van der Waals surface area contributed by atoms with Gasteiger partial charge in [0.05, 0.1) is 17.1 Å². The molecule has 0 saturated carbocycles. The van der Waals surface area contributed by atoms with Gasteiger partial charge in [-0.3, -0.25) is 14.9 Å². The molecule has 0 saturated heterocycles. The molecule has 0 bridgehead atoms. The van der Waals surface area contributed by atoms with Gasteiger partial charge in [0.2, 0.25) is 0 Å². The molecule has 0 amide bonds. The summed E-state index contributed by atoms with van der Waals surface area (Å²) >= 11 is 0. The molecule has 1 aromatic rings. The molecule has 98 valence electrons. The second-order valence-corrected chi connectivity index (χ2v) is 5.07. The van der Waals surface area contributed by atoms with Crippen LogP contribution < -0.4 is 4.74 Å². The number of rotatable bonds is 4. The van der Waals surface area contributed by atoms with E-state index in [0.29, 0.717) is 0 Å². The van der Waals surface area contributed by atoms with Gasteiger partial charge in [-0.25, -0.2) is 4.39 Å². The highest BCUT2D eigenvalue weighted by atomic mass is 19.1. The number of hydrogen-bond donors (Lipinski definition) is 0. The van der Waals surface area contributed by atoms with E-state index < -0.39 is 16.4 Å². The van der Waals surface area contributed by atoms with E-state index in [2.05, 4.69) is 0 Å². The summed E-state index contributed by atoms with van der Waals surface area (Å²) in [5, 5.41) is 10.8. The first-order valence-corrected chi connectivity index (χ1v) is 5.30. The molecular formula is C12H14FNO4. The first-order valence-electron chi connectivity index (χ1n) is 5.30. The first-order chi connectivity index (χ1) is 8.24. The molecule has 0 aliphatic carbocycles. The van der Waals surface area contributed by atoms with Crippen LogP contribution in [0, 0.1) is 21.3 Å². The largest absolute Gasteiger partial charge is 0.486 e. The molecule has 18 heavy (non-hydrogen) atoms. The lowest BCUT2D eigenvalue weighted by atomic mass is 9.99. The molecule has 1 rings (SSSR count). The molecule has 0 spiro atoms. The van der Waals surface area contributed by atoms with E-state index in [0.717, 1.165) is 12.1 Å². The summed E-state index contributed by atoms with van der Waals surface area (Å²) in [7, 11) is 0. The van der Waals surface area contributed by atoms with E-state index in [9.17, 15) is 19.3 Å². The molecule has 5 nitrogen and oxygen atoms in total. The van der Waals surface area contributed by atoms with Crippen molar-refractivity contribution in [2.45, 2.75) is 20.8 Å². The quantitative estimate of drug-likeness (QED) is 0.471. The number of halogens is 1. The number of hydrogen-bond acceptors (Lipinski definition) is 4. The predicted octanol–water partition coefficient (Wildman–Crippen LogP) is 2.97. The number of nitrogens with zero attached hydrogens (tertiary/aromatic N) is 1. The van der Waals surface area contributed by atoms with E-state index in [4.69, 9.17) is 4.74 Å². The lowest BCUT2D eigenvalue weighted by Gasteiger charge is -2.18. The standard InChI is InChI=1S/C12H14FNO4/c1-12(2,3)7-18-11-5-9(13)8(6-15)4-10(11)14(16)17/h4-6H,7H2,1-3H3. The Morgan fingerprint density at radius 1 is 1.44 bits per heavy atom. The van der Waals surface area contributed by atoms with Gasteiger partial charge in [0.1, 0.15) is 5.82 Å². The summed E-state index contributed by atoms with van der Waals surface area (Å²) in [6, 6.07) is 1.74. The zero-order valence-electron chi connectivity index (χ0n) is 10.4. The van der Waals surface area contributed by atoms with Gasteiger partial charge in [0, 0.05) is 12.1 Å². The van der Waals surface area contributed by atoms with Gasteiger partial charge in [-0.15, -0.1) is 0 Å². The van der Waals surface area contributed by atoms with Gasteiger partial charge in [-0.05, 0) is 5.41 Å². The number of nitro groups is 1. The SMILES string of the molecule is CC(C)(C)COc1cc(F)c(C=O)cc1[N+](=O)[O-]. The zero-order valence-corrected chi connectivity index (χ0v) is 10.4. The van der Waals surface area contributed by atoms with Crippen LogP contribution in [0.3, 0.4) is 0 Å². The smallest absolute Gasteiger partial charge is 0.311 e. The average molecular weight is 255 g/mol. The van der Waals surface area contributed by atoms with Crippen LogP contribution in [-0.2, 0) is 0 Å². The molecule has 0 aliphatic rings. The third kappa shape index (κ3) is 3.51. The molecule has 0 heterocycles. The van der Waals surface area contributed by atoms with Gasteiger partial charge < -0.3 is 4.74 Å². The third-order valence-electron chi connectivity index (χ3n) is 2.06. The summed E-state index contributed by atoms with van der Waals surface area (Å²) in [4.78, 5) is 20.6. The highest BCUT2D eigenvalue weighted by Gasteiger charge is 2.21. The fourth-order valence-corrected chi connectivity index (χ4v) is 1.20. The maximum absolute atomic E-state index is 13.4. The second-order valence-electron chi connectivity index (χ2n) is 5.07. The minimum Gasteiger partial charge on any atom is -0.486 e. The van der Waals surface area contributed by atoms with Crippen LogP contribution in [0.2, 0.25) is 0 Å². The van der Waals surface area contributed by atoms with Crippen molar-refractivity contribution in [2.75, 3.05) is 6.61 Å². The number of benzene rings is 1. The minimum absolute atomic E-state index is 0.168. The fraction of sp³-hybridized carbons (Fsp3) is 0.417. The predicted molar refractivity (Wildman–Crippen MR) is 63.4 cm³/mol. The lowest BCUT2D eigenvalue weighted by molar-refractivity contribution is -0.386. The summed E-state index contributed by atoms with van der Waals surface area (Å²) in [6.07, 6.45) is 0.232. The van der Waals surface area contributed by atoms with Gasteiger partial charge in [0.15, 0.2) is 12.0 Å². The summed E-state index contributed by atoms with van der Waals surface area (Å²) in [5.41, 5.74) is -0.985. The Labute approximate surface area is 104 Å². The monoisotopic (exact) mass is 255 g/mol. The van der Waals surface area contributed by atoms with Gasteiger partial charge in [-0.2, -0.15) is 0 Å². The highest BCUT2D eigenvalue weighted by molar-refractivity contribution is 5.77. The fourth-order valence-electron chi connectivity index (χ4n) is 1.20. The van der Waals surface area contributed by atoms with Crippen LogP contribution in [0.5, 0.6) is 5.75 Å². The Balaban J connectivity index is 3.13. The van der Waals surface area contributed by atoms with Crippen molar-refractivity contribution in [1.29, 1.82) is 0 Å². The number of aldehydes is 1. The van der Waals surface area contributed by atoms with E-state index in [1.54, 1.807) is 0 Å². The number of carbonyl (C=O) groups excluding carboxylic acids is 1. The molecule has 0 atom stereocenters. The molecular weight excluding hydrogens is 241 g/mol. The molecule has 6 heteroatoms. The molecule has 0 unspecified atom stereocenters. The van der Waals surface area contributed by atoms with Crippen molar-refractivity contribution < 1.29 is 18.8 Å². The average Bonchev–Trinajstić information content (AvgIpc) is 2.25. The van der Waals surface area contributed by atoms with Crippen molar-refractivity contribution in [3.05, 3.63) is 33.6 Å². The Morgan fingerprint density at radius 2 is 2.06 bits per heavy atom. The number of carbonyl (C=O) groups is 1. The summed E-state index contributed by atoms with van der Waals surface area (Å²) in [5.74, 6) is -1.00. The van der Waals surface area contributed by atoms with Crippen molar-refractivity contribution in [2.24, 2.45) is 5.41 Å². The number of nitro benzene ring substituents is 1. The highest BCUT2D eigenvalue weighted by Crippen LogP contribution is 2.30. The Kier molecular flexibility index (Phi) is 4.00. The Morgan fingerprint density at radius 3 is 2.50 bits per heavy atom. The van der Waals surface area contributed by atoms with Crippen LogP contribution in [0.25, 0.3) is 0 Å². The maximum atomic E-state index is 13.4. The van der Waals surface area contributed by atoms with Crippen LogP contribution in [0.4, 0.5) is 10.1 Å². The van der Waals surface area contributed by atoms with Crippen molar-refractivity contribution in [3.63, 3.8) is 0 Å². The molecule has 0 aromatic heterocycles. The Hall–Kier alpha value is -1.98. The van der Waals surface area contributed by atoms with Crippen molar-refractivity contribution in [1.82, 2.24) is 0 Å². The first kappa shape index (κ1) is 14.1. The lowest BCUT2D eigenvalue weighted by Crippen LogP contribution is -2.17. The molecule has 0 fully saturated rings. The minimum atomic E-state index is -0.834. The van der Waals surface area contributed by atoms with Crippen LogP contribution in [0.1, 0.15) is 31.1 Å². The molecule has 0 N–H and O–H groups in total. The Bertz CT molecular complexity index is 480. The van der Waals surface area contributed by atoms with E-state index in [1.165, 1.54) is 0 Å². The van der Waals surface area contributed by atoms with E-state index >= 15 is 0 Å². The van der Waals surface area contributed by atoms with E-state index in [-0.39, 0.29) is 29.6 Å². The third-order valence-corrected chi connectivity index (χ3v) is 2.06. The van der Waals surface area contributed by atoms with Crippen LogP contribution >= 0.6 is 0 Å². The summed E-state index contributed by atoms with van der Waals surface area (Å²) in [6.45, 7) is 5.85. The topological polar surface area (TPSA) is 69.4 Å². The molecule has 1 aromatic carbocycles. The van der Waals surface area contributed by atoms with Crippen molar-refractivity contribution >= 4 is 12.0 Å². The van der Waals surface area contributed by atoms with Crippen LogP contribution in [0.15, 0.2) is 12.1 Å². The van der Waals surface area contributed by atoms with Gasteiger partial charge in [-0.1, -0.05) is 20.8 Å².